The number of nitrogens with one attached hydrogen (secondary N) is 2. The molecule has 0 aliphatic heterocycles. The summed E-state index contributed by atoms with van der Waals surface area (Å²) in [7, 11) is 0. The number of carbonyl (C=O) groups is 1. The Morgan fingerprint density at radius 1 is 1.38 bits per heavy atom. The molecule has 0 spiro atoms. The van der Waals surface area contributed by atoms with Gasteiger partial charge < -0.3 is 20.1 Å². The maximum Gasteiger partial charge on any atom is 0.319 e. The Hall–Kier alpha value is -1.82. The second-order valence-electron chi connectivity index (χ2n) is 6.57. The zero-order chi connectivity index (χ0) is 17.4. The predicted octanol–water partition coefficient (Wildman–Crippen LogP) is 3.59. The van der Waals surface area contributed by atoms with E-state index in [-0.39, 0.29) is 12.1 Å². The first-order valence-electron chi connectivity index (χ1n) is 8.84. The Morgan fingerprint density at radius 2 is 2.17 bits per heavy atom. The predicted molar refractivity (Wildman–Crippen MR) is 94.4 cm³/mol. The highest BCUT2D eigenvalue weighted by atomic mass is 16.5. The lowest BCUT2D eigenvalue weighted by atomic mass is 9.88. The minimum atomic E-state index is -0.281. The third kappa shape index (κ3) is 6.00. The monoisotopic (exact) mass is 335 g/mol. The number of nitrogens with zero attached hydrogens (tertiary/aromatic N) is 1. The fourth-order valence-electron chi connectivity index (χ4n) is 2.87. The number of hydrogen-bond acceptors (Lipinski definition) is 4. The summed E-state index contributed by atoms with van der Waals surface area (Å²) in [5.41, 5.74) is 0.561. The second-order valence-corrected chi connectivity index (χ2v) is 6.57. The molecule has 1 aromatic heterocycles. The van der Waals surface area contributed by atoms with E-state index in [4.69, 9.17) is 9.47 Å². The number of ether oxygens (including phenoxy) is 2. The van der Waals surface area contributed by atoms with E-state index in [1.165, 1.54) is 19.3 Å². The van der Waals surface area contributed by atoms with E-state index < -0.39 is 0 Å². The molecule has 0 aromatic carbocycles. The van der Waals surface area contributed by atoms with Crippen LogP contribution in [0.4, 0.5) is 10.5 Å². The van der Waals surface area contributed by atoms with Gasteiger partial charge in [0, 0.05) is 12.7 Å². The van der Waals surface area contributed by atoms with Crippen LogP contribution in [0.3, 0.4) is 0 Å². The molecule has 2 N–H and O–H groups in total. The second kappa shape index (κ2) is 9.47. The molecule has 1 aromatic rings. The molecule has 0 bridgehead atoms. The normalized spacial score (nSPS) is 20.7. The van der Waals surface area contributed by atoms with Crippen LogP contribution in [0.5, 0.6) is 5.88 Å². The van der Waals surface area contributed by atoms with Gasteiger partial charge in [0.2, 0.25) is 5.88 Å². The van der Waals surface area contributed by atoms with Crippen LogP contribution in [0.1, 0.15) is 46.5 Å². The highest BCUT2D eigenvalue weighted by Gasteiger charge is 2.21. The lowest BCUT2D eigenvalue weighted by Gasteiger charge is -2.28. The van der Waals surface area contributed by atoms with Crippen LogP contribution in [-0.4, -0.2) is 36.4 Å². The van der Waals surface area contributed by atoms with Gasteiger partial charge in [-0.1, -0.05) is 19.8 Å². The largest absolute Gasteiger partial charge is 0.473 e. The average molecular weight is 335 g/mol. The van der Waals surface area contributed by atoms with Crippen molar-refractivity contribution >= 4 is 11.7 Å². The highest BCUT2D eigenvalue weighted by molar-refractivity contribution is 5.90. The van der Waals surface area contributed by atoms with Crippen molar-refractivity contribution in [3.8, 4) is 5.88 Å². The maximum absolute atomic E-state index is 12.0. The molecule has 1 fully saturated rings. The topological polar surface area (TPSA) is 72.5 Å². The molecule has 24 heavy (non-hydrogen) atoms. The summed E-state index contributed by atoms with van der Waals surface area (Å²) in [5, 5.41) is 5.58. The average Bonchev–Trinajstić information content (AvgIpc) is 2.54. The van der Waals surface area contributed by atoms with Crippen LogP contribution in [0, 0.1) is 5.92 Å². The number of carbonyl (C=O) groups excluding carboxylic acids is 1. The van der Waals surface area contributed by atoms with Crippen LogP contribution in [0.25, 0.3) is 0 Å². The van der Waals surface area contributed by atoms with Crippen LogP contribution >= 0.6 is 0 Å². The quantitative estimate of drug-likeness (QED) is 0.747. The van der Waals surface area contributed by atoms with Gasteiger partial charge in [0.25, 0.3) is 0 Å². The summed E-state index contributed by atoms with van der Waals surface area (Å²) in [6.45, 7) is 7.09. The summed E-state index contributed by atoms with van der Waals surface area (Å²) >= 11 is 0. The first-order valence-corrected chi connectivity index (χ1v) is 8.84. The Balaban J connectivity index is 1.71. The Bertz CT molecular complexity index is 522. The van der Waals surface area contributed by atoms with E-state index in [0.29, 0.717) is 36.7 Å². The standard InChI is InChI=1S/C18H29N3O3/c1-13(2)24-17-15(8-6-10-19-17)21-18(22)20-11-12-23-16-9-5-4-7-14(16)3/h6,8,10,13-14,16H,4-5,7,9,11-12H2,1-3H3,(H2,20,21,22). The number of anilines is 1. The lowest BCUT2D eigenvalue weighted by molar-refractivity contribution is -0.00232. The Kier molecular flexibility index (Phi) is 7.31. The molecule has 1 heterocycles. The molecule has 1 aliphatic carbocycles. The van der Waals surface area contributed by atoms with Crippen molar-refractivity contribution in [1.82, 2.24) is 10.3 Å². The lowest BCUT2D eigenvalue weighted by Crippen LogP contribution is -2.34. The highest BCUT2D eigenvalue weighted by Crippen LogP contribution is 2.26. The molecule has 6 nitrogen and oxygen atoms in total. The van der Waals surface area contributed by atoms with Crippen LogP contribution in [0.2, 0.25) is 0 Å². The van der Waals surface area contributed by atoms with Gasteiger partial charge in [-0.05, 0) is 44.7 Å². The molecular weight excluding hydrogens is 306 g/mol. The van der Waals surface area contributed by atoms with E-state index in [1.54, 1.807) is 18.3 Å². The number of rotatable bonds is 7. The van der Waals surface area contributed by atoms with Crippen LogP contribution < -0.4 is 15.4 Å². The number of pyridine rings is 1. The van der Waals surface area contributed by atoms with Gasteiger partial charge in [-0.25, -0.2) is 9.78 Å². The SMILES string of the molecule is CC(C)Oc1ncccc1NC(=O)NCCOC1CCCCC1C. The summed E-state index contributed by atoms with van der Waals surface area (Å²) in [4.78, 5) is 16.2. The van der Waals surface area contributed by atoms with Crippen LogP contribution in [0.15, 0.2) is 18.3 Å². The van der Waals surface area contributed by atoms with E-state index in [0.717, 1.165) is 6.42 Å². The van der Waals surface area contributed by atoms with E-state index >= 15 is 0 Å². The fraction of sp³-hybridized carbons (Fsp3) is 0.667. The number of hydrogen-bond donors (Lipinski definition) is 2. The number of aromatic nitrogens is 1. The van der Waals surface area contributed by atoms with Gasteiger partial charge in [0.05, 0.1) is 18.8 Å². The maximum atomic E-state index is 12.0. The van der Waals surface area contributed by atoms with E-state index in [9.17, 15) is 4.79 Å². The molecule has 2 amide bonds. The molecule has 2 unspecified atom stereocenters. The number of amides is 2. The van der Waals surface area contributed by atoms with Crippen molar-refractivity contribution in [2.24, 2.45) is 5.92 Å². The third-order valence-electron chi connectivity index (χ3n) is 4.12. The Morgan fingerprint density at radius 3 is 2.92 bits per heavy atom. The molecule has 1 saturated carbocycles. The molecule has 0 saturated heterocycles. The number of urea groups is 1. The Labute approximate surface area is 144 Å². The fourth-order valence-corrected chi connectivity index (χ4v) is 2.87. The first kappa shape index (κ1) is 18.5. The molecule has 2 atom stereocenters. The minimum absolute atomic E-state index is 0.00519. The molecule has 2 rings (SSSR count). The van der Waals surface area contributed by atoms with Gasteiger partial charge in [-0.15, -0.1) is 0 Å². The molecular formula is C18H29N3O3. The molecule has 6 heteroatoms. The zero-order valence-electron chi connectivity index (χ0n) is 14.9. The molecule has 0 radical (unpaired) electrons. The molecule has 134 valence electrons. The van der Waals surface area contributed by atoms with Crippen molar-refractivity contribution in [3.05, 3.63) is 18.3 Å². The summed E-state index contributed by atoms with van der Waals surface area (Å²) in [6.07, 6.45) is 6.86. The molecule has 1 aliphatic rings. The summed E-state index contributed by atoms with van der Waals surface area (Å²) < 4.78 is 11.5. The van der Waals surface area contributed by atoms with Crippen molar-refractivity contribution in [2.45, 2.75) is 58.7 Å². The summed E-state index contributed by atoms with van der Waals surface area (Å²) in [6, 6.07) is 3.25. The van der Waals surface area contributed by atoms with Gasteiger partial charge in [-0.2, -0.15) is 0 Å². The first-order chi connectivity index (χ1) is 11.6. The van der Waals surface area contributed by atoms with Crippen molar-refractivity contribution in [1.29, 1.82) is 0 Å². The van der Waals surface area contributed by atoms with E-state index in [1.807, 2.05) is 13.8 Å². The van der Waals surface area contributed by atoms with Gasteiger partial charge in [-0.3, -0.25) is 0 Å². The van der Waals surface area contributed by atoms with Crippen molar-refractivity contribution < 1.29 is 14.3 Å². The van der Waals surface area contributed by atoms with Gasteiger partial charge in [0.1, 0.15) is 5.69 Å². The van der Waals surface area contributed by atoms with E-state index in [2.05, 4.69) is 22.5 Å². The van der Waals surface area contributed by atoms with Crippen molar-refractivity contribution in [3.63, 3.8) is 0 Å². The van der Waals surface area contributed by atoms with Gasteiger partial charge >= 0.3 is 6.03 Å². The smallest absolute Gasteiger partial charge is 0.319 e. The van der Waals surface area contributed by atoms with Crippen LogP contribution in [-0.2, 0) is 4.74 Å². The van der Waals surface area contributed by atoms with Gasteiger partial charge in [0.15, 0.2) is 0 Å². The van der Waals surface area contributed by atoms with Crippen molar-refractivity contribution in [2.75, 3.05) is 18.5 Å². The zero-order valence-corrected chi connectivity index (χ0v) is 14.9. The minimum Gasteiger partial charge on any atom is -0.473 e. The third-order valence-corrected chi connectivity index (χ3v) is 4.12. The summed E-state index contributed by atoms with van der Waals surface area (Å²) in [5.74, 6) is 1.04.